The minimum Gasteiger partial charge on any atom is -0.478 e. The van der Waals surface area contributed by atoms with Crippen molar-refractivity contribution in [3.63, 3.8) is 0 Å². The lowest BCUT2D eigenvalue weighted by Gasteiger charge is -2.10. The van der Waals surface area contributed by atoms with Gasteiger partial charge in [0.1, 0.15) is 5.15 Å². The molecule has 108 valence electrons. The van der Waals surface area contributed by atoms with Crippen LogP contribution in [0.25, 0.3) is 0 Å². The summed E-state index contributed by atoms with van der Waals surface area (Å²) in [5, 5.41) is -0.444. The van der Waals surface area contributed by atoms with Gasteiger partial charge in [-0.15, -0.1) is 0 Å². The average Bonchev–Trinajstić information content (AvgIpc) is 2.21. The normalized spacial score (nSPS) is 12.6. The number of halogens is 7. The lowest BCUT2D eigenvalue weighted by molar-refractivity contribution is -0.137. The number of aromatic nitrogens is 1. The summed E-state index contributed by atoms with van der Waals surface area (Å²) < 4.78 is 77.4. The van der Waals surface area contributed by atoms with Gasteiger partial charge in [-0.2, -0.15) is 26.3 Å². The first-order valence-corrected chi connectivity index (χ1v) is 5.40. The highest BCUT2D eigenvalue weighted by Crippen LogP contribution is 2.32. The van der Waals surface area contributed by atoms with Crippen molar-refractivity contribution >= 4 is 11.6 Å². The molecule has 0 aliphatic rings. The Labute approximate surface area is 109 Å². The summed E-state index contributed by atoms with van der Waals surface area (Å²) in [6.07, 6.45) is -10.4. The molecule has 19 heavy (non-hydrogen) atoms. The van der Waals surface area contributed by atoms with E-state index in [2.05, 4.69) is 4.98 Å². The molecule has 0 saturated carbocycles. The van der Waals surface area contributed by atoms with Crippen molar-refractivity contribution in [2.75, 3.05) is 6.61 Å². The number of nitrogens with zero attached hydrogens (tertiary/aromatic N) is 1. The molecule has 0 bridgehead atoms. The number of rotatable bonds is 4. The Hall–Kier alpha value is -1.18. The van der Waals surface area contributed by atoms with Crippen LogP contribution in [0.2, 0.25) is 5.15 Å². The van der Waals surface area contributed by atoms with Crippen LogP contribution in [0.1, 0.15) is 18.4 Å². The lowest BCUT2D eigenvalue weighted by atomic mass is 10.2. The van der Waals surface area contributed by atoms with Crippen molar-refractivity contribution in [1.29, 1.82) is 0 Å². The number of hydrogen-bond acceptors (Lipinski definition) is 2. The Balaban J connectivity index is 2.62. The van der Waals surface area contributed by atoms with Crippen LogP contribution < -0.4 is 4.74 Å². The van der Waals surface area contributed by atoms with Crippen LogP contribution in [0.3, 0.4) is 0 Å². The van der Waals surface area contributed by atoms with E-state index in [4.69, 9.17) is 16.3 Å². The monoisotopic (exact) mass is 307 g/mol. The molecular formula is C10H8ClF6NO. The number of ether oxygens (including phenoxy) is 1. The third-order valence-corrected chi connectivity index (χ3v) is 2.15. The predicted molar refractivity (Wildman–Crippen MR) is 55.0 cm³/mol. The van der Waals surface area contributed by atoms with Gasteiger partial charge in [-0.05, 0) is 12.5 Å². The van der Waals surface area contributed by atoms with E-state index in [9.17, 15) is 26.3 Å². The van der Waals surface area contributed by atoms with Crippen LogP contribution in [0.15, 0.2) is 12.1 Å². The molecule has 9 heteroatoms. The summed E-state index contributed by atoms with van der Waals surface area (Å²) in [4.78, 5) is 3.44. The number of alkyl halides is 6. The van der Waals surface area contributed by atoms with Gasteiger partial charge in [-0.25, -0.2) is 4.98 Å². The zero-order valence-electron chi connectivity index (χ0n) is 9.28. The number of hydrogen-bond donors (Lipinski definition) is 0. The van der Waals surface area contributed by atoms with Crippen LogP contribution in [-0.2, 0) is 6.18 Å². The number of pyridine rings is 1. The molecule has 0 amide bonds. The third-order valence-electron chi connectivity index (χ3n) is 1.95. The van der Waals surface area contributed by atoms with Crippen molar-refractivity contribution in [3.05, 3.63) is 22.8 Å². The standard InChI is InChI=1S/C10H8ClF6NO/c11-7-4-6(10(15,16)17)5-8(18-7)19-3-1-2-9(12,13)14/h4-5H,1-3H2. The molecule has 2 nitrogen and oxygen atoms in total. The van der Waals surface area contributed by atoms with Gasteiger partial charge < -0.3 is 4.74 Å². The molecule has 0 fully saturated rings. The second-order valence-corrected chi connectivity index (χ2v) is 3.97. The molecule has 0 aromatic carbocycles. The van der Waals surface area contributed by atoms with Crippen LogP contribution >= 0.6 is 11.6 Å². The van der Waals surface area contributed by atoms with E-state index in [-0.39, 0.29) is 6.42 Å². The minimum atomic E-state index is -4.63. The summed E-state index contributed by atoms with van der Waals surface area (Å²) in [6, 6.07) is 1.18. The van der Waals surface area contributed by atoms with E-state index in [0.717, 1.165) is 0 Å². The van der Waals surface area contributed by atoms with Crippen molar-refractivity contribution in [1.82, 2.24) is 4.98 Å². The molecule has 0 aliphatic carbocycles. The topological polar surface area (TPSA) is 22.1 Å². The van der Waals surface area contributed by atoms with Crippen LogP contribution in [0.5, 0.6) is 5.88 Å². The fraction of sp³-hybridized carbons (Fsp3) is 0.500. The van der Waals surface area contributed by atoms with Gasteiger partial charge in [0.25, 0.3) is 0 Å². The molecule has 1 heterocycles. The molecule has 1 rings (SSSR count). The Morgan fingerprint density at radius 1 is 1.11 bits per heavy atom. The predicted octanol–water partition coefficient (Wildman–Crippen LogP) is 4.48. The maximum absolute atomic E-state index is 12.4. The molecule has 1 aromatic heterocycles. The second kappa shape index (κ2) is 5.85. The first kappa shape index (κ1) is 15.9. The quantitative estimate of drug-likeness (QED) is 0.465. The van der Waals surface area contributed by atoms with E-state index in [0.29, 0.717) is 12.1 Å². The van der Waals surface area contributed by atoms with Crippen LogP contribution in [0, 0.1) is 0 Å². The molecule has 0 saturated heterocycles. The van der Waals surface area contributed by atoms with Crippen LogP contribution in [-0.4, -0.2) is 17.8 Å². The van der Waals surface area contributed by atoms with Gasteiger partial charge >= 0.3 is 12.4 Å². The van der Waals surface area contributed by atoms with E-state index in [1.807, 2.05) is 0 Å². The zero-order valence-corrected chi connectivity index (χ0v) is 10.0. The van der Waals surface area contributed by atoms with Gasteiger partial charge in [-0.1, -0.05) is 11.6 Å². The molecule has 0 radical (unpaired) electrons. The molecule has 0 N–H and O–H groups in total. The lowest BCUT2D eigenvalue weighted by Crippen LogP contribution is -2.11. The Morgan fingerprint density at radius 2 is 1.74 bits per heavy atom. The van der Waals surface area contributed by atoms with Gasteiger partial charge in [0.05, 0.1) is 12.2 Å². The van der Waals surface area contributed by atoms with Crippen molar-refractivity contribution in [2.45, 2.75) is 25.2 Å². The summed E-state index contributed by atoms with van der Waals surface area (Å²) in [5.41, 5.74) is -1.07. The van der Waals surface area contributed by atoms with E-state index < -0.39 is 42.0 Å². The van der Waals surface area contributed by atoms with E-state index in [1.165, 1.54) is 0 Å². The fourth-order valence-corrected chi connectivity index (χ4v) is 1.36. The Morgan fingerprint density at radius 3 is 2.26 bits per heavy atom. The summed E-state index contributed by atoms with van der Waals surface area (Å²) in [7, 11) is 0. The summed E-state index contributed by atoms with van der Waals surface area (Å²) in [6.45, 7) is -0.399. The van der Waals surface area contributed by atoms with Crippen molar-refractivity contribution in [2.24, 2.45) is 0 Å². The zero-order chi connectivity index (χ0) is 14.7. The molecule has 0 atom stereocenters. The maximum atomic E-state index is 12.4. The molecule has 1 aromatic rings. The largest absolute Gasteiger partial charge is 0.478 e. The van der Waals surface area contributed by atoms with Crippen LogP contribution in [0.4, 0.5) is 26.3 Å². The first-order valence-electron chi connectivity index (χ1n) is 5.02. The highest BCUT2D eigenvalue weighted by atomic mass is 35.5. The molecule has 0 unspecified atom stereocenters. The van der Waals surface area contributed by atoms with Gasteiger partial charge in [0.2, 0.25) is 5.88 Å². The first-order chi connectivity index (χ1) is 8.58. The van der Waals surface area contributed by atoms with Crippen molar-refractivity contribution in [3.8, 4) is 5.88 Å². The highest BCUT2D eigenvalue weighted by molar-refractivity contribution is 6.29. The SMILES string of the molecule is FC(F)(F)CCCOc1cc(C(F)(F)F)cc(Cl)n1. The third kappa shape index (κ3) is 6.00. The smallest absolute Gasteiger partial charge is 0.416 e. The summed E-state index contributed by atoms with van der Waals surface area (Å²) in [5.74, 6) is -0.456. The fourth-order valence-electron chi connectivity index (χ4n) is 1.16. The maximum Gasteiger partial charge on any atom is 0.416 e. The van der Waals surface area contributed by atoms with Gasteiger partial charge in [-0.3, -0.25) is 0 Å². The molecule has 0 spiro atoms. The average molecular weight is 308 g/mol. The van der Waals surface area contributed by atoms with Gasteiger partial charge in [0, 0.05) is 12.5 Å². The Kier molecular flexibility index (Phi) is 4.89. The summed E-state index contributed by atoms with van der Waals surface area (Å²) >= 11 is 5.37. The van der Waals surface area contributed by atoms with E-state index >= 15 is 0 Å². The van der Waals surface area contributed by atoms with E-state index in [1.54, 1.807) is 0 Å². The van der Waals surface area contributed by atoms with Crippen molar-refractivity contribution < 1.29 is 31.1 Å². The molecular weight excluding hydrogens is 300 g/mol. The highest BCUT2D eigenvalue weighted by Gasteiger charge is 2.32. The Bertz CT molecular complexity index is 431. The molecule has 0 aliphatic heterocycles. The minimum absolute atomic E-state index is 0.376. The second-order valence-electron chi connectivity index (χ2n) is 3.58. The van der Waals surface area contributed by atoms with Gasteiger partial charge in [0.15, 0.2) is 0 Å².